The van der Waals surface area contributed by atoms with E-state index < -0.39 is 0 Å². The van der Waals surface area contributed by atoms with Gasteiger partial charge in [0.05, 0.1) is 6.20 Å². The third kappa shape index (κ3) is 3.04. The number of fused-ring (bicyclic) bond motifs is 1. The average molecular weight is 283 g/mol. The van der Waals surface area contributed by atoms with Crippen LogP contribution in [0.5, 0.6) is 0 Å². The highest BCUT2D eigenvalue weighted by atomic mass is 35.5. The maximum atomic E-state index is 12.3. The number of likely N-dealkylation sites (tertiary alicyclic amines) is 1. The molecular weight excluding hydrogens is 264 g/mol. The molecule has 0 bridgehead atoms. The standard InChI is InChI=1S/C13H18N4O.ClH/c18-13(12-8-14-5-6-16-12)17-7-3-11-10(9-17)2-1-4-15-11;/h5-6,8,10-11,15H,1-4,7,9H2;1H/t10-,11+;/m1./s1. The van der Waals surface area contributed by atoms with Crippen LogP contribution < -0.4 is 5.32 Å². The van der Waals surface area contributed by atoms with Gasteiger partial charge >= 0.3 is 0 Å². The van der Waals surface area contributed by atoms with Crippen LogP contribution >= 0.6 is 12.4 Å². The van der Waals surface area contributed by atoms with Gasteiger partial charge in [-0.2, -0.15) is 0 Å². The highest BCUT2D eigenvalue weighted by molar-refractivity contribution is 5.92. The second-order valence-electron chi connectivity index (χ2n) is 5.09. The summed E-state index contributed by atoms with van der Waals surface area (Å²) in [6, 6.07) is 0.602. The smallest absolute Gasteiger partial charge is 0.274 e. The maximum absolute atomic E-state index is 12.3. The van der Waals surface area contributed by atoms with Gasteiger partial charge in [0.15, 0.2) is 0 Å². The van der Waals surface area contributed by atoms with Crippen molar-refractivity contribution in [2.75, 3.05) is 19.6 Å². The van der Waals surface area contributed by atoms with Crippen LogP contribution in [0.25, 0.3) is 0 Å². The lowest BCUT2D eigenvalue weighted by Crippen LogP contribution is -2.53. The molecule has 3 rings (SSSR count). The van der Waals surface area contributed by atoms with Gasteiger partial charge in [-0.05, 0) is 31.7 Å². The van der Waals surface area contributed by atoms with Gasteiger partial charge in [0.2, 0.25) is 0 Å². The summed E-state index contributed by atoms with van der Waals surface area (Å²) in [5.41, 5.74) is 0.458. The number of carbonyl (C=O) groups is 1. The van der Waals surface area contributed by atoms with E-state index in [0.29, 0.717) is 17.7 Å². The maximum Gasteiger partial charge on any atom is 0.274 e. The van der Waals surface area contributed by atoms with E-state index >= 15 is 0 Å². The van der Waals surface area contributed by atoms with Crippen molar-refractivity contribution in [2.45, 2.75) is 25.3 Å². The Balaban J connectivity index is 0.00000133. The van der Waals surface area contributed by atoms with Crippen molar-refractivity contribution in [3.05, 3.63) is 24.3 Å². The predicted octanol–water partition coefficient (Wildman–Crippen LogP) is 1.11. The second kappa shape index (κ2) is 6.30. The van der Waals surface area contributed by atoms with Gasteiger partial charge in [0.25, 0.3) is 5.91 Å². The van der Waals surface area contributed by atoms with Crippen molar-refractivity contribution in [1.82, 2.24) is 20.2 Å². The summed E-state index contributed by atoms with van der Waals surface area (Å²) in [5, 5.41) is 3.55. The summed E-state index contributed by atoms with van der Waals surface area (Å²) in [7, 11) is 0. The van der Waals surface area contributed by atoms with Gasteiger partial charge in [-0.25, -0.2) is 4.98 Å². The molecule has 1 N–H and O–H groups in total. The molecule has 104 valence electrons. The van der Waals surface area contributed by atoms with Crippen LogP contribution in [0.3, 0.4) is 0 Å². The molecule has 2 saturated heterocycles. The van der Waals surface area contributed by atoms with Crippen molar-refractivity contribution in [3.63, 3.8) is 0 Å². The van der Waals surface area contributed by atoms with Crippen molar-refractivity contribution in [2.24, 2.45) is 5.92 Å². The number of rotatable bonds is 1. The molecule has 3 heterocycles. The Morgan fingerprint density at radius 1 is 1.37 bits per heavy atom. The normalized spacial score (nSPS) is 26.2. The Bertz CT molecular complexity index is 428. The molecule has 0 aromatic carbocycles. The van der Waals surface area contributed by atoms with Crippen LogP contribution in [0.1, 0.15) is 29.8 Å². The molecule has 0 saturated carbocycles. The molecular formula is C13H19ClN4O. The first-order valence-electron chi connectivity index (χ1n) is 6.63. The lowest BCUT2D eigenvalue weighted by atomic mass is 9.85. The monoisotopic (exact) mass is 282 g/mol. The zero-order valence-electron chi connectivity index (χ0n) is 10.8. The summed E-state index contributed by atoms with van der Waals surface area (Å²) in [6.07, 6.45) is 8.21. The minimum Gasteiger partial charge on any atom is -0.337 e. The number of halogens is 1. The molecule has 2 atom stereocenters. The van der Waals surface area contributed by atoms with E-state index in [2.05, 4.69) is 15.3 Å². The number of amides is 1. The summed E-state index contributed by atoms with van der Waals surface area (Å²) in [6.45, 7) is 2.80. The highest BCUT2D eigenvalue weighted by Gasteiger charge is 2.33. The van der Waals surface area contributed by atoms with Crippen LogP contribution in [-0.2, 0) is 0 Å². The Morgan fingerprint density at radius 2 is 2.26 bits per heavy atom. The molecule has 0 aliphatic carbocycles. The van der Waals surface area contributed by atoms with Gasteiger partial charge in [0, 0.05) is 31.5 Å². The van der Waals surface area contributed by atoms with Crippen molar-refractivity contribution in [1.29, 1.82) is 0 Å². The van der Waals surface area contributed by atoms with Crippen molar-refractivity contribution < 1.29 is 4.79 Å². The first-order valence-corrected chi connectivity index (χ1v) is 6.63. The first-order chi connectivity index (χ1) is 8.84. The molecule has 1 aromatic rings. The van der Waals surface area contributed by atoms with Crippen LogP contribution in [0.4, 0.5) is 0 Å². The molecule has 19 heavy (non-hydrogen) atoms. The molecule has 5 nitrogen and oxygen atoms in total. The van der Waals surface area contributed by atoms with Crippen LogP contribution in [-0.4, -0.2) is 46.5 Å². The third-order valence-electron chi connectivity index (χ3n) is 3.96. The molecule has 0 radical (unpaired) electrons. The van der Waals surface area contributed by atoms with Crippen molar-refractivity contribution >= 4 is 18.3 Å². The van der Waals surface area contributed by atoms with Crippen molar-refractivity contribution in [3.8, 4) is 0 Å². The predicted molar refractivity (Wildman–Crippen MR) is 74.3 cm³/mol. The van der Waals surface area contributed by atoms with Gasteiger partial charge in [-0.15, -0.1) is 12.4 Å². The molecule has 2 fully saturated rings. The quantitative estimate of drug-likeness (QED) is 0.838. The molecule has 2 aliphatic rings. The van der Waals surface area contributed by atoms with Crippen LogP contribution in [0.15, 0.2) is 18.6 Å². The number of hydrogen-bond acceptors (Lipinski definition) is 4. The largest absolute Gasteiger partial charge is 0.337 e. The van der Waals surface area contributed by atoms with Gasteiger partial charge in [-0.3, -0.25) is 9.78 Å². The number of aromatic nitrogens is 2. The number of carbonyl (C=O) groups excluding carboxylic acids is 1. The third-order valence-corrected chi connectivity index (χ3v) is 3.96. The first kappa shape index (κ1) is 14.2. The minimum atomic E-state index is 0. The number of nitrogens with zero attached hydrogens (tertiary/aromatic N) is 3. The van der Waals surface area contributed by atoms with Gasteiger partial charge in [0.1, 0.15) is 5.69 Å². The molecule has 1 amide bonds. The van der Waals surface area contributed by atoms with E-state index in [9.17, 15) is 4.79 Å². The SMILES string of the molecule is Cl.O=C(c1cnccn1)N1CC[C@@H]2NCCC[C@@H]2C1. The van der Waals surface area contributed by atoms with Crippen LogP contribution in [0, 0.1) is 5.92 Å². The fourth-order valence-electron chi connectivity index (χ4n) is 3.00. The van der Waals surface area contributed by atoms with E-state index in [4.69, 9.17) is 0 Å². The number of piperidine rings is 2. The molecule has 0 unspecified atom stereocenters. The lowest BCUT2D eigenvalue weighted by molar-refractivity contribution is 0.0586. The number of nitrogens with one attached hydrogen (secondary N) is 1. The van der Waals surface area contributed by atoms with Gasteiger partial charge < -0.3 is 10.2 Å². The average Bonchev–Trinajstić information content (AvgIpc) is 2.47. The summed E-state index contributed by atoms with van der Waals surface area (Å²) in [5.74, 6) is 0.625. The topological polar surface area (TPSA) is 58.1 Å². The molecule has 2 aliphatic heterocycles. The van der Waals surface area contributed by atoms with E-state index in [1.54, 1.807) is 18.6 Å². The van der Waals surface area contributed by atoms with E-state index in [1.807, 2.05) is 4.90 Å². The summed E-state index contributed by atoms with van der Waals surface area (Å²) < 4.78 is 0. The molecule has 1 aromatic heterocycles. The van der Waals surface area contributed by atoms with E-state index in [0.717, 1.165) is 26.1 Å². The highest BCUT2D eigenvalue weighted by Crippen LogP contribution is 2.25. The Morgan fingerprint density at radius 3 is 3.05 bits per heavy atom. The minimum absolute atomic E-state index is 0. The zero-order chi connectivity index (χ0) is 12.4. The van der Waals surface area contributed by atoms with E-state index in [-0.39, 0.29) is 18.3 Å². The zero-order valence-corrected chi connectivity index (χ0v) is 11.6. The fraction of sp³-hybridized carbons (Fsp3) is 0.615. The molecule has 0 spiro atoms. The summed E-state index contributed by atoms with van der Waals surface area (Å²) >= 11 is 0. The lowest BCUT2D eigenvalue weighted by Gasteiger charge is -2.41. The second-order valence-corrected chi connectivity index (χ2v) is 5.09. The Kier molecular flexibility index (Phi) is 4.71. The Hall–Kier alpha value is -1.20. The van der Waals surface area contributed by atoms with Crippen LogP contribution in [0.2, 0.25) is 0 Å². The number of hydrogen-bond donors (Lipinski definition) is 1. The summed E-state index contributed by atoms with van der Waals surface area (Å²) in [4.78, 5) is 22.3. The fourth-order valence-corrected chi connectivity index (χ4v) is 3.00. The van der Waals surface area contributed by atoms with E-state index in [1.165, 1.54) is 12.8 Å². The molecule has 6 heteroatoms. The van der Waals surface area contributed by atoms with Gasteiger partial charge in [-0.1, -0.05) is 0 Å². The Labute approximate surface area is 119 Å².